The third-order valence-corrected chi connectivity index (χ3v) is 1.73. The minimum atomic E-state index is 0.266. The lowest BCUT2D eigenvalue weighted by atomic mass is 10.4. The minimum Gasteiger partial charge on any atom is -0.230 e. The van der Waals surface area contributed by atoms with Crippen LogP contribution >= 0.6 is 0 Å². The van der Waals surface area contributed by atoms with Gasteiger partial charge in [-0.3, -0.25) is 0 Å². The van der Waals surface area contributed by atoms with Gasteiger partial charge in [-0.05, 0) is 13.8 Å². The smallest absolute Gasteiger partial charge is 0.185 e. The molecule has 74 valence electrons. The highest BCUT2D eigenvalue weighted by Crippen LogP contribution is 2.11. The molecule has 0 aliphatic rings. The normalized spacial score (nSPS) is 9.93. The highest BCUT2D eigenvalue weighted by molar-refractivity contribution is 5.81. The fourth-order valence-corrected chi connectivity index (χ4v) is 1.19. The average Bonchev–Trinajstić information content (AvgIpc) is 2.61. The number of hydrogen-bond acceptors (Lipinski definition) is 5. The Morgan fingerprint density at radius 2 is 2.20 bits per heavy atom. The summed E-state index contributed by atoms with van der Waals surface area (Å²) >= 11 is 0. The molecule has 0 aliphatic heterocycles. The van der Waals surface area contributed by atoms with Crippen LogP contribution in [0, 0.1) is 11.3 Å². The first-order valence-corrected chi connectivity index (χ1v) is 4.32. The van der Waals surface area contributed by atoms with Gasteiger partial charge in [0.15, 0.2) is 11.3 Å². The van der Waals surface area contributed by atoms with E-state index in [0.717, 1.165) is 5.71 Å². The van der Waals surface area contributed by atoms with Gasteiger partial charge in [-0.2, -0.15) is 10.4 Å². The highest BCUT2D eigenvalue weighted by Gasteiger charge is 2.08. The first-order valence-electron chi connectivity index (χ1n) is 4.32. The van der Waals surface area contributed by atoms with Crippen molar-refractivity contribution in [1.29, 1.82) is 5.26 Å². The van der Waals surface area contributed by atoms with E-state index in [9.17, 15) is 0 Å². The Bertz CT molecular complexity index is 570. The fraction of sp³-hybridized carbons (Fsp3) is 0.222. The van der Waals surface area contributed by atoms with Gasteiger partial charge < -0.3 is 0 Å². The van der Waals surface area contributed by atoms with Gasteiger partial charge in [-0.25, -0.2) is 19.6 Å². The molecule has 2 aromatic heterocycles. The Balaban J connectivity index is 2.73. The molecule has 0 N–H and O–H groups in total. The van der Waals surface area contributed by atoms with Crippen molar-refractivity contribution in [3.05, 3.63) is 18.3 Å². The summed E-state index contributed by atoms with van der Waals surface area (Å²) in [5.41, 5.74) is 2.17. The second-order valence-corrected chi connectivity index (χ2v) is 3.14. The van der Waals surface area contributed by atoms with E-state index >= 15 is 0 Å². The first kappa shape index (κ1) is 9.27. The van der Waals surface area contributed by atoms with Crippen molar-refractivity contribution in [2.45, 2.75) is 13.8 Å². The maximum absolute atomic E-state index is 8.80. The third kappa shape index (κ3) is 1.55. The van der Waals surface area contributed by atoms with Crippen LogP contribution in [0.3, 0.4) is 0 Å². The number of nitrogens with zero attached hydrogens (tertiary/aromatic N) is 6. The van der Waals surface area contributed by atoms with Gasteiger partial charge in [0.2, 0.25) is 0 Å². The lowest BCUT2D eigenvalue weighted by Gasteiger charge is -1.95. The Kier molecular flexibility index (Phi) is 2.14. The summed E-state index contributed by atoms with van der Waals surface area (Å²) < 4.78 is 1.53. The Morgan fingerprint density at radius 1 is 1.40 bits per heavy atom. The number of nitriles is 1. The van der Waals surface area contributed by atoms with Crippen molar-refractivity contribution in [2.24, 2.45) is 5.10 Å². The zero-order valence-electron chi connectivity index (χ0n) is 8.34. The van der Waals surface area contributed by atoms with Gasteiger partial charge in [-0.15, -0.1) is 0 Å². The predicted molar refractivity (Wildman–Crippen MR) is 54.2 cm³/mol. The summed E-state index contributed by atoms with van der Waals surface area (Å²) in [5, 5.41) is 13.0. The molecule has 2 rings (SSSR count). The summed E-state index contributed by atoms with van der Waals surface area (Å²) in [7, 11) is 0. The Hall–Kier alpha value is -2.29. The van der Waals surface area contributed by atoms with Crippen molar-refractivity contribution in [3.8, 4) is 6.07 Å². The van der Waals surface area contributed by atoms with Crippen molar-refractivity contribution >= 4 is 16.9 Å². The summed E-state index contributed by atoms with van der Waals surface area (Å²) in [6.45, 7) is 3.75. The van der Waals surface area contributed by atoms with Crippen molar-refractivity contribution < 1.29 is 0 Å². The molecule has 0 bridgehead atoms. The SMILES string of the molecule is CC(C)=Nn1cnc2c(C#N)ncnc21. The van der Waals surface area contributed by atoms with Gasteiger partial charge in [0.25, 0.3) is 0 Å². The van der Waals surface area contributed by atoms with E-state index < -0.39 is 0 Å². The van der Waals surface area contributed by atoms with E-state index in [1.54, 1.807) is 0 Å². The first-order chi connectivity index (χ1) is 7.22. The summed E-state index contributed by atoms with van der Waals surface area (Å²) in [4.78, 5) is 11.9. The van der Waals surface area contributed by atoms with Crippen molar-refractivity contribution in [3.63, 3.8) is 0 Å². The van der Waals surface area contributed by atoms with Gasteiger partial charge in [0.1, 0.15) is 24.2 Å². The van der Waals surface area contributed by atoms with Crippen molar-refractivity contribution in [1.82, 2.24) is 19.6 Å². The van der Waals surface area contributed by atoms with E-state index in [2.05, 4.69) is 20.1 Å². The van der Waals surface area contributed by atoms with Crippen LogP contribution in [0.2, 0.25) is 0 Å². The molecule has 15 heavy (non-hydrogen) atoms. The molecule has 0 atom stereocenters. The highest BCUT2D eigenvalue weighted by atomic mass is 15.4. The molecule has 0 spiro atoms. The molecule has 6 nitrogen and oxygen atoms in total. The number of rotatable bonds is 1. The average molecular weight is 200 g/mol. The van der Waals surface area contributed by atoms with Gasteiger partial charge in [0, 0.05) is 5.71 Å². The van der Waals surface area contributed by atoms with Crippen LogP contribution in [0.4, 0.5) is 0 Å². The summed E-state index contributed by atoms with van der Waals surface area (Å²) in [6, 6.07) is 1.96. The lowest BCUT2D eigenvalue weighted by molar-refractivity contribution is 0.887. The standard InChI is InChI=1S/C9H8N6/c1-6(2)14-15-5-13-8-7(3-10)11-4-12-9(8)15/h4-5H,1-2H3. The number of hydrogen-bond donors (Lipinski definition) is 0. The van der Waals surface area contributed by atoms with E-state index in [1.807, 2.05) is 19.9 Å². The van der Waals surface area contributed by atoms with Crippen LogP contribution in [-0.2, 0) is 0 Å². The molecule has 0 amide bonds. The molecule has 0 aromatic carbocycles. The van der Waals surface area contributed by atoms with E-state index in [0.29, 0.717) is 11.2 Å². The molecule has 0 fully saturated rings. The Morgan fingerprint density at radius 3 is 2.87 bits per heavy atom. The predicted octanol–water partition coefficient (Wildman–Crippen LogP) is 0.942. The van der Waals surface area contributed by atoms with Crippen molar-refractivity contribution in [2.75, 3.05) is 0 Å². The van der Waals surface area contributed by atoms with Crippen LogP contribution in [-0.4, -0.2) is 25.3 Å². The quantitative estimate of drug-likeness (QED) is 0.641. The number of aromatic nitrogens is 4. The van der Waals surface area contributed by atoms with Gasteiger partial charge >= 0.3 is 0 Å². The summed E-state index contributed by atoms with van der Waals surface area (Å²) in [6.07, 6.45) is 2.85. The molecule has 2 aromatic rings. The second kappa shape index (κ2) is 3.46. The molecule has 0 saturated carbocycles. The van der Waals surface area contributed by atoms with E-state index in [4.69, 9.17) is 5.26 Å². The molecule has 0 aliphatic carbocycles. The molecule has 0 saturated heterocycles. The van der Waals surface area contributed by atoms with Gasteiger partial charge in [-0.1, -0.05) is 0 Å². The monoisotopic (exact) mass is 200 g/mol. The van der Waals surface area contributed by atoms with Crippen LogP contribution in [0.15, 0.2) is 17.8 Å². The van der Waals surface area contributed by atoms with Crippen LogP contribution in [0.1, 0.15) is 19.5 Å². The molecule has 0 unspecified atom stereocenters. The molecule has 0 radical (unpaired) electrons. The third-order valence-electron chi connectivity index (χ3n) is 1.73. The maximum atomic E-state index is 8.80. The zero-order chi connectivity index (χ0) is 10.8. The number of fused-ring (bicyclic) bond motifs is 1. The maximum Gasteiger partial charge on any atom is 0.185 e. The minimum absolute atomic E-state index is 0.266. The Labute approximate surface area is 85.9 Å². The molecular formula is C9H8N6. The fourth-order valence-electron chi connectivity index (χ4n) is 1.19. The largest absolute Gasteiger partial charge is 0.230 e. The zero-order valence-corrected chi connectivity index (χ0v) is 8.34. The topological polar surface area (TPSA) is 79.8 Å². The summed E-state index contributed by atoms with van der Waals surface area (Å²) in [5.74, 6) is 0. The van der Waals surface area contributed by atoms with Crippen LogP contribution < -0.4 is 0 Å². The van der Waals surface area contributed by atoms with Crippen LogP contribution in [0.25, 0.3) is 11.2 Å². The lowest BCUT2D eigenvalue weighted by Crippen LogP contribution is -1.94. The molecule has 6 heteroatoms. The second-order valence-electron chi connectivity index (χ2n) is 3.14. The molecular weight excluding hydrogens is 192 g/mol. The van der Waals surface area contributed by atoms with E-state index in [1.165, 1.54) is 17.3 Å². The van der Waals surface area contributed by atoms with E-state index in [-0.39, 0.29) is 5.69 Å². The number of imidazole rings is 1. The van der Waals surface area contributed by atoms with Gasteiger partial charge in [0.05, 0.1) is 0 Å². The van der Waals surface area contributed by atoms with Crippen LogP contribution in [0.5, 0.6) is 0 Å². The molecule has 2 heterocycles.